The topological polar surface area (TPSA) is 75.7 Å². The fourth-order valence-corrected chi connectivity index (χ4v) is 4.08. The first-order chi connectivity index (χ1) is 15.4. The summed E-state index contributed by atoms with van der Waals surface area (Å²) in [5, 5.41) is 1.65. The van der Waals surface area contributed by atoms with E-state index in [1.54, 1.807) is 35.6 Å². The number of alkyl halides is 3. The molecule has 0 bridgehead atoms. The molecular weight excluding hydrogens is 484 g/mol. The van der Waals surface area contributed by atoms with Gasteiger partial charge in [0.1, 0.15) is 5.57 Å². The summed E-state index contributed by atoms with van der Waals surface area (Å²) in [7, 11) is 0.881. The molecule has 11 heteroatoms. The number of hydrogen-bond donors (Lipinski definition) is 1. The minimum atomic E-state index is -5.39. The van der Waals surface area contributed by atoms with Gasteiger partial charge in [-0.15, -0.1) is 0 Å². The van der Waals surface area contributed by atoms with Crippen LogP contribution in [0.2, 0.25) is 10.0 Å². The fourth-order valence-electron chi connectivity index (χ4n) is 3.59. The van der Waals surface area contributed by atoms with Gasteiger partial charge in [-0.3, -0.25) is 9.59 Å². The number of hydrogen-bond acceptors (Lipinski definition) is 4. The van der Waals surface area contributed by atoms with Gasteiger partial charge in [-0.2, -0.15) is 13.2 Å². The van der Waals surface area contributed by atoms with Crippen molar-refractivity contribution in [2.75, 3.05) is 7.11 Å². The summed E-state index contributed by atoms with van der Waals surface area (Å²) in [4.78, 5) is 39.5. The first-order valence-corrected chi connectivity index (χ1v) is 10.2. The van der Waals surface area contributed by atoms with Gasteiger partial charge in [0.05, 0.1) is 24.2 Å². The fraction of sp³-hybridized carbons (Fsp3) is 0.227. The number of nitrogens with one attached hydrogen (secondary N) is 1. The van der Waals surface area contributed by atoms with Crippen molar-refractivity contribution in [3.8, 4) is 0 Å². The first-order valence-electron chi connectivity index (χ1n) is 9.44. The molecule has 2 aromatic carbocycles. The number of benzene rings is 2. The summed E-state index contributed by atoms with van der Waals surface area (Å²) in [5.41, 5.74) is -4.85. The Bertz CT molecular complexity index is 1150. The average molecular weight is 501 g/mol. The highest BCUT2D eigenvalue weighted by atomic mass is 35.5. The second kappa shape index (κ2) is 9.07. The second-order valence-corrected chi connectivity index (χ2v) is 8.00. The molecule has 6 nitrogen and oxygen atoms in total. The zero-order valence-electron chi connectivity index (χ0n) is 17.3. The minimum absolute atomic E-state index is 0.152. The van der Waals surface area contributed by atoms with Gasteiger partial charge in [0.2, 0.25) is 0 Å². The average Bonchev–Trinajstić information content (AvgIpc) is 2.95. The molecule has 1 heterocycles. The number of methoxy groups -OCH3 is 1. The van der Waals surface area contributed by atoms with Crippen LogP contribution in [0.1, 0.15) is 22.8 Å². The Balaban J connectivity index is 2.16. The molecule has 0 unspecified atom stereocenters. The highest BCUT2D eigenvalue weighted by Crippen LogP contribution is 2.45. The molecule has 3 rings (SSSR count). The third-order valence-corrected chi connectivity index (χ3v) is 5.73. The zero-order valence-corrected chi connectivity index (χ0v) is 18.8. The number of rotatable bonds is 5. The number of ether oxygens (including phenoxy) is 1. The third kappa shape index (κ3) is 4.30. The van der Waals surface area contributed by atoms with Gasteiger partial charge in [0, 0.05) is 10.7 Å². The van der Waals surface area contributed by atoms with Crippen LogP contribution in [0.5, 0.6) is 0 Å². The summed E-state index contributed by atoms with van der Waals surface area (Å²) in [6.07, 6.45) is -5.39. The lowest BCUT2D eigenvalue weighted by atomic mass is 9.88. The van der Waals surface area contributed by atoms with Crippen LogP contribution in [-0.2, 0) is 20.9 Å². The standard InChI is InChI=1S/C22H17Cl2F3N2O4/c1-12-17(19(31)33-2)21(22(25,26)27,20(32)29(12)11-13-6-4-3-5-7-13)28-18(30)15-9-8-14(23)10-16(15)24/h3-10H,11H2,1-2H3,(H,28,30)/t21-/m1/s1. The van der Waals surface area contributed by atoms with E-state index in [0.29, 0.717) is 5.56 Å². The summed E-state index contributed by atoms with van der Waals surface area (Å²) < 4.78 is 48.3. The van der Waals surface area contributed by atoms with Crippen LogP contribution in [-0.4, -0.2) is 41.5 Å². The van der Waals surface area contributed by atoms with Crippen molar-refractivity contribution in [1.29, 1.82) is 0 Å². The van der Waals surface area contributed by atoms with Crippen LogP contribution in [0.4, 0.5) is 13.2 Å². The molecule has 0 aliphatic carbocycles. The van der Waals surface area contributed by atoms with E-state index in [0.717, 1.165) is 18.1 Å². The van der Waals surface area contributed by atoms with E-state index in [4.69, 9.17) is 23.2 Å². The monoisotopic (exact) mass is 500 g/mol. The Hall–Kier alpha value is -3.04. The maximum Gasteiger partial charge on any atom is 0.425 e. The van der Waals surface area contributed by atoms with Gasteiger partial charge >= 0.3 is 12.1 Å². The Kier molecular flexibility index (Phi) is 6.76. The molecule has 1 atom stereocenters. The Labute approximate surface area is 196 Å². The molecule has 0 saturated carbocycles. The number of esters is 1. The van der Waals surface area contributed by atoms with Gasteiger partial charge < -0.3 is 15.0 Å². The van der Waals surface area contributed by atoms with Crippen molar-refractivity contribution < 1.29 is 32.3 Å². The molecule has 0 radical (unpaired) electrons. The molecular formula is C22H17Cl2F3N2O4. The lowest BCUT2D eigenvalue weighted by Crippen LogP contribution is -2.66. The maximum absolute atomic E-state index is 14.6. The lowest BCUT2D eigenvalue weighted by molar-refractivity contribution is -0.192. The molecule has 0 spiro atoms. The number of amides is 2. The molecule has 174 valence electrons. The smallest absolute Gasteiger partial charge is 0.425 e. The van der Waals surface area contributed by atoms with E-state index >= 15 is 0 Å². The van der Waals surface area contributed by atoms with Gasteiger partial charge in [-0.1, -0.05) is 53.5 Å². The van der Waals surface area contributed by atoms with Gasteiger partial charge in [-0.25, -0.2) is 4.79 Å². The normalized spacial score (nSPS) is 18.5. The van der Waals surface area contributed by atoms with Crippen LogP contribution in [0.3, 0.4) is 0 Å². The molecule has 0 fully saturated rings. The van der Waals surface area contributed by atoms with E-state index in [9.17, 15) is 27.6 Å². The molecule has 2 aromatic rings. The molecule has 33 heavy (non-hydrogen) atoms. The molecule has 1 N–H and O–H groups in total. The molecule has 2 amide bonds. The van der Waals surface area contributed by atoms with E-state index in [-0.39, 0.29) is 27.9 Å². The Morgan fingerprint density at radius 3 is 2.30 bits per heavy atom. The van der Waals surface area contributed by atoms with Crippen LogP contribution in [0, 0.1) is 0 Å². The van der Waals surface area contributed by atoms with Crippen LogP contribution in [0.25, 0.3) is 0 Å². The van der Waals surface area contributed by atoms with Gasteiger partial charge in [-0.05, 0) is 30.7 Å². The van der Waals surface area contributed by atoms with E-state index in [1.807, 2.05) is 0 Å². The van der Waals surface area contributed by atoms with Crippen molar-refractivity contribution >= 4 is 41.0 Å². The number of allylic oxidation sites excluding steroid dienone is 1. The van der Waals surface area contributed by atoms with Crippen LogP contribution >= 0.6 is 23.2 Å². The van der Waals surface area contributed by atoms with Crippen molar-refractivity contribution in [3.63, 3.8) is 0 Å². The zero-order chi connectivity index (χ0) is 24.6. The van der Waals surface area contributed by atoms with Crippen molar-refractivity contribution in [2.24, 2.45) is 0 Å². The third-order valence-electron chi connectivity index (χ3n) is 5.18. The highest BCUT2D eigenvalue weighted by molar-refractivity contribution is 6.36. The number of carbonyl (C=O) groups is 3. The summed E-state index contributed by atoms with van der Waals surface area (Å²) >= 11 is 11.8. The summed E-state index contributed by atoms with van der Waals surface area (Å²) in [6, 6.07) is 11.8. The van der Waals surface area contributed by atoms with Crippen molar-refractivity contribution in [1.82, 2.24) is 10.2 Å². The number of nitrogens with zero attached hydrogens (tertiary/aromatic N) is 1. The van der Waals surface area contributed by atoms with Crippen molar-refractivity contribution in [2.45, 2.75) is 25.2 Å². The van der Waals surface area contributed by atoms with Crippen molar-refractivity contribution in [3.05, 3.63) is 81.0 Å². The SMILES string of the molecule is COC(=O)C1=C(C)N(Cc2ccccc2)C(=O)[C@@]1(NC(=O)c1ccc(Cl)cc1Cl)C(F)(F)F. The van der Waals surface area contributed by atoms with Gasteiger partial charge in [0.15, 0.2) is 0 Å². The number of carbonyl (C=O) groups excluding carboxylic acids is 3. The summed E-state index contributed by atoms with van der Waals surface area (Å²) in [5.74, 6) is -4.27. The van der Waals surface area contributed by atoms with Crippen LogP contribution < -0.4 is 5.32 Å². The lowest BCUT2D eigenvalue weighted by Gasteiger charge is -2.33. The molecule has 0 aromatic heterocycles. The molecule has 0 saturated heterocycles. The maximum atomic E-state index is 14.6. The Morgan fingerprint density at radius 2 is 1.76 bits per heavy atom. The van der Waals surface area contributed by atoms with E-state index < -0.39 is 35.1 Å². The summed E-state index contributed by atoms with van der Waals surface area (Å²) in [6.45, 7) is 0.920. The first kappa shape index (κ1) is 24.6. The highest BCUT2D eigenvalue weighted by Gasteiger charge is 2.71. The number of halogens is 5. The predicted octanol–water partition coefficient (Wildman–Crippen LogP) is 4.51. The molecule has 1 aliphatic heterocycles. The van der Waals surface area contributed by atoms with Crippen LogP contribution in [0.15, 0.2) is 59.8 Å². The van der Waals surface area contributed by atoms with E-state index in [1.165, 1.54) is 19.1 Å². The molecule has 1 aliphatic rings. The second-order valence-electron chi connectivity index (χ2n) is 7.15. The van der Waals surface area contributed by atoms with Gasteiger partial charge in [0.25, 0.3) is 17.4 Å². The Morgan fingerprint density at radius 1 is 1.12 bits per heavy atom. The largest absolute Gasteiger partial charge is 0.466 e. The quantitative estimate of drug-likeness (QED) is 0.612. The minimum Gasteiger partial charge on any atom is -0.466 e. The predicted molar refractivity (Wildman–Crippen MR) is 114 cm³/mol. The van der Waals surface area contributed by atoms with E-state index in [2.05, 4.69) is 4.74 Å².